The SMILES string of the molecule is COc1ccc(C2(c3ccc(OC)cc3)C=Cc3c(ccc4c3CCCC4)C2)cc1. The highest BCUT2D eigenvalue weighted by Crippen LogP contribution is 2.44. The van der Waals surface area contributed by atoms with Crippen molar-refractivity contribution in [2.24, 2.45) is 0 Å². The lowest BCUT2D eigenvalue weighted by Crippen LogP contribution is -2.31. The first-order valence-electron chi connectivity index (χ1n) is 10.9. The van der Waals surface area contributed by atoms with Gasteiger partial charge in [0.2, 0.25) is 0 Å². The minimum atomic E-state index is -0.200. The van der Waals surface area contributed by atoms with Crippen LogP contribution in [0.3, 0.4) is 0 Å². The molecule has 2 aliphatic carbocycles. The van der Waals surface area contributed by atoms with E-state index in [0.717, 1.165) is 17.9 Å². The van der Waals surface area contributed by atoms with Crippen LogP contribution in [0.5, 0.6) is 11.5 Å². The number of rotatable bonds is 4. The number of aryl methyl sites for hydroxylation is 1. The van der Waals surface area contributed by atoms with Gasteiger partial charge in [-0.05, 0) is 89.8 Å². The van der Waals surface area contributed by atoms with Gasteiger partial charge in [0, 0.05) is 5.41 Å². The molecule has 0 saturated heterocycles. The number of hydrogen-bond donors (Lipinski definition) is 0. The highest BCUT2D eigenvalue weighted by Gasteiger charge is 2.35. The van der Waals surface area contributed by atoms with Gasteiger partial charge in [0.05, 0.1) is 14.2 Å². The van der Waals surface area contributed by atoms with Crippen molar-refractivity contribution in [1.29, 1.82) is 0 Å². The Morgan fingerprint density at radius 2 is 1.23 bits per heavy atom. The highest BCUT2D eigenvalue weighted by molar-refractivity contribution is 5.68. The fourth-order valence-corrected chi connectivity index (χ4v) is 5.19. The van der Waals surface area contributed by atoms with Crippen molar-refractivity contribution in [2.45, 2.75) is 37.5 Å². The van der Waals surface area contributed by atoms with Gasteiger partial charge in [-0.2, -0.15) is 0 Å². The van der Waals surface area contributed by atoms with Gasteiger partial charge in [-0.25, -0.2) is 0 Å². The summed E-state index contributed by atoms with van der Waals surface area (Å²) >= 11 is 0. The fourth-order valence-electron chi connectivity index (χ4n) is 5.19. The summed E-state index contributed by atoms with van der Waals surface area (Å²) in [6.45, 7) is 0. The van der Waals surface area contributed by atoms with E-state index in [0.29, 0.717) is 0 Å². The van der Waals surface area contributed by atoms with Gasteiger partial charge in [-0.3, -0.25) is 0 Å². The molecule has 0 unspecified atom stereocenters. The van der Waals surface area contributed by atoms with Gasteiger partial charge < -0.3 is 9.47 Å². The van der Waals surface area contributed by atoms with Crippen molar-refractivity contribution >= 4 is 6.08 Å². The first-order chi connectivity index (χ1) is 14.7. The molecule has 0 fully saturated rings. The molecule has 0 aliphatic heterocycles. The number of allylic oxidation sites excluding steroid dienone is 1. The molecule has 0 saturated carbocycles. The van der Waals surface area contributed by atoms with Crippen LogP contribution in [0.1, 0.15) is 46.2 Å². The number of hydrogen-bond acceptors (Lipinski definition) is 2. The number of fused-ring (bicyclic) bond motifs is 3. The fraction of sp³-hybridized carbons (Fsp3) is 0.286. The summed E-state index contributed by atoms with van der Waals surface area (Å²) < 4.78 is 10.8. The van der Waals surface area contributed by atoms with Crippen molar-refractivity contribution in [3.05, 3.63) is 100 Å². The molecular weight excluding hydrogens is 368 g/mol. The Hall–Kier alpha value is -3.00. The molecule has 0 aromatic heterocycles. The molecule has 0 spiro atoms. The average Bonchev–Trinajstić information content (AvgIpc) is 2.83. The van der Waals surface area contributed by atoms with Gasteiger partial charge in [0.1, 0.15) is 11.5 Å². The third kappa shape index (κ3) is 3.11. The minimum Gasteiger partial charge on any atom is -0.497 e. The van der Waals surface area contributed by atoms with E-state index in [4.69, 9.17) is 9.47 Å². The molecule has 3 aromatic rings. The van der Waals surface area contributed by atoms with Crippen LogP contribution in [-0.4, -0.2) is 14.2 Å². The maximum absolute atomic E-state index is 5.41. The molecule has 2 nitrogen and oxygen atoms in total. The summed E-state index contributed by atoms with van der Waals surface area (Å²) in [6.07, 6.45) is 10.8. The zero-order valence-corrected chi connectivity index (χ0v) is 17.8. The van der Waals surface area contributed by atoms with Crippen LogP contribution >= 0.6 is 0 Å². The van der Waals surface area contributed by atoms with Gasteiger partial charge in [-0.15, -0.1) is 0 Å². The number of ether oxygens (including phenoxy) is 2. The van der Waals surface area contributed by atoms with Crippen molar-refractivity contribution in [3.8, 4) is 11.5 Å². The maximum atomic E-state index is 5.41. The van der Waals surface area contributed by atoms with Gasteiger partial charge in [0.15, 0.2) is 0 Å². The summed E-state index contributed by atoms with van der Waals surface area (Å²) in [6, 6.07) is 21.8. The van der Waals surface area contributed by atoms with Crippen LogP contribution in [0.25, 0.3) is 6.08 Å². The Kier molecular flexibility index (Phi) is 4.86. The second kappa shape index (κ2) is 7.68. The van der Waals surface area contributed by atoms with Crippen LogP contribution in [0, 0.1) is 0 Å². The summed E-state index contributed by atoms with van der Waals surface area (Å²) in [7, 11) is 3.43. The topological polar surface area (TPSA) is 18.5 Å². The number of methoxy groups -OCH3 is 2. The molecule has 0 amide bonds. The van der Waals surface area contributed by atoms with Crippen molar-refractivity contribution in [3.63, 3.8) is 0 Å². The lowest BCUT2D eigenvalue weighted by Gasteiger charge is -2.37. The first kappa shape index (κ1) is 19.0. The quantitative estimate of drug-likeness (QED) is 0.527. The van der Waals surface area contributed by atoms with Crippen LogP contribution in [0.15, 0.2) is 66.7 Å². The molecule has 0 atom stereocenters. The molecule has 0 radical (unpaired) electrons. The predicted octanol–water partition coefficient (Wildman–Crippen LogP) is 6.14. The molecule has 2 aliphatic rings. The second-order valence-corrected chi connectivity index (χ2v) is 8.42. The highest BCUT2D eigenvalue weighted by atomic mass is 16.5. The van der Waals surface area contributed by atoms with E-state index in [1.165, 1.54) is 47.9 Å². The third-order valence-electron chi connectivity index (χ3n) is 6.88. The molecule has 2 heteroatoms. The van der Waals surface area contributed by atoms with Crippen LogP contribution in [0.2, 0.25) is 0 Å². The molecule has 30 heavy (non-hydrogen) atoms. The van der Waals surface area contributed by atoms with Crippen LogP contribution in [0.4, 0.5) is 0 Å². The lowest BCUT2D eigenvalue weighted by atomic mass is 9.66. The summed E-state index contributed by atoms with van der Waals surface area (Å²) in [4.78, 5) is 0. The van der Waals surface area contributed by atoms with Crippen molar-refractivity contribution < 1.29 is 9.47 Å². The monoisotopic (exact) mass is 396 g/mol. The molecule has 5 rings (SSSR count). The van der Waals surface area contributed by atoms with Gasteiger partial charge >= 0.3 is 0 Å². The van der Waals surface area contributed by atoms with E-state index in [1.54, 1.807) is 25.3 Å². The summed E-state index contributed by atoms with van der Waals surface area (Å²) in [5, 5.41) is 0. The Morgan fingerprint density at radius 1 is 0.667 bits per heavy atom. The standard InChI is InChI=1S/C28H28O2/c1-29-24-13-9-22(10-14-24)28(23-11-15-25(30-2)16-12-23)18-17-27-21(19-28)8-7-20-5-3-4-6-26(20)27/h7-18H,3-6,19H2,1-2H3. The molecule has 152 valence electrons. The van der Waals surface area contributed by atoms with E-state index in [-0.39, 0.29) is 5.41 Å². The molecule has 3 aromatic carbocycles. The molecule has 0 N–H and O–H groups in total. The molecule has 0 bridgehead atoms. The van der Waals surface area contributed by atoms with Crippen molar-refractivity contribution in [2.75, 3.05) is 14.2 Å². The third-order valence-corrected chi connectivity index (χ3v) is 6.88. The zero-order valence-electron chi connectivity index (χ0n) is 17.8. The van der Waals surface area contributed by atoms with Crippen LogP contribution < -0.4 is 9.47 Å². The zero-order chi connectivity index (χ0) is 20.6. The van der Waals surface area contributed by atoms with E-state index < -0.39 is 0 Å². The summed E-state index contributed by atoms with van der Waals surface area (Å²) in [5.41, 5.74) is 8.41. The Labute approximate surface area is 179 Å². The molecular formula is C28H28O2. The van der Waals surface area contributed by atoms with E-state index in [1.807, 2.05) is 0 Å². The average molecular weight is 397 g/mol. The first-order valence-corrected chi connectivity index (χ1v) is 10.9. The maximum Gasteiger partial charge on any atom is 0.118 e. The Balaban J connectivity index is 1.65. The van der Waals surface area contributed by atoms with Gasteiger partial charge in [-0.1, -0.05) is 48.6 Å². The normalized spacial score (nSPS) is 16.5. The van der Waals surface area contributed by atoms with E-state index in [9.17, 15) is 0 Å². The minimum absolute atomic E-state index is 0.200. The Bertz CT molecular complexity index is 1030. The Morgan fingerprint density at radius 3 is 1.83 bits per heavy atom. The van der Waals surface area contributed by atoms with E-state index >= 15 is 0 Å². The second-order valence-electron chi connectivity index (χ2n) is 8.42. The summed E-state index contributed by atoms with van der Waals surface area (Å²) in [5.74, 6) is 1.77. The van der Waals surface area contributed by atoms with Gasteiger partial charge in [0.25, 0.3) is 0 Å². The lowest BCUT2D eigenvalue weighted by molar-refractivity contribution is 0.414. The van der Waals surface area contributed by atoms with E-state index in [2.05, 4.69) is 72.8 Å². The smallest absolute Gasteiger partial charge is 0.118 e. The van der Waals surface area contributed by atoms with Crippen LogP contribution in [-0.2, 0) is 24.7 Å². The predicted molar refractivity (Wildman–Crippen MR) is 123 cm³/mol. The van der Waals surface area contributed by atoms with Crippen molar-refractivity contribution in [1.82, 2.24) is 0 Å². The molecule has 0 heterocycles. The number of benzene rings is 3. The largest absolute Gasteiger partial charge is 0.497 e.